The summed E-state index contributed by atoms with van der Waals surface area (Å²) in [6.45, 7) is 6.54. The number of hydrogen-bond donors (Lipinski definition) is 1. The molecule has 0 aliphatic carbocycles. The van der Waals surface area contributed by atoms with Crippen molar-refractivity contribution in [1.82, 2.24) is 10.2 Å². The number of nitrogens with one attached hydrogen (secondary N) is 1. The second-order valence-electron chi connectivity index (χ2n) is 6.84. The fourth-order valence-corrected chi connectivity index (χ4v) is 3.24. The number of benzene rings is 2. The van der Waals surface area contributed by atoms with Gasteiger partial charge in [-0.2, -0.15) is 0 Å². The molecule has 1 atom stereocenters. The Morgan fingerprint density at radius 1 is 1.21 bits per heavy atom. The molecule has 0 fully saturated rings. The van der Waals surface area contributed by atoms with Gasteiger partial charge in [0.05, 0.1) is 5.75 Å². The topological polar surface area (TPSA) is 77.2 Å². The zero-order valence-corrected chi connectivity index (χ0v) is 17.7. The highest BCUT2D eigenvalue weighted by molar-refractivity contribution is 7.99. The summed E-state index contributed by atoms with van der Waals surface area (Å²) in [6, 6.07) is 15.7. The van der Waals surface area contributed by atoms with Crippen molar-refractivity contribution in [1.29, 1.82) is 0 Å². The first-order chi connectivity index (χ1) is 14.0. The molecule has 29 heavy (non-hydrogen) atoms. The lowest BCUT2D eigenvalue weighted by atomic mass is 9.99. The molecule has 0 bridgehead atoms. The molecule has 1 N–H and O–H groups in total. The van der Waals surface area contributed by atoms with Crippen LogP contribution >= 0.6 is 11.8 Å². The monoisotopic (exact) mass is 411 g/mol. The number of anilines is 1. The molecule has 1 amide bonds. The van der Waals surface area contributed by atoms with E-state index in [1.807, 2.05) is 43.3 Å². The summed E-state index contributed by atoms with van der Waals surface area (Å²) in [5.74, 6) is 1.69. The van der Waals surface area contributed by atoms with Crippen LogP contribution in [0.4, 0.5) is 5.69 Å². The van der Waals surface area contributed by atoms with Gasteiger partial charge in [-0.15, -0.1) is 10.2 Å². The Hall–Kier alpha value is -2.80. The van der Waals surface area contributed by atoms with E-state index in [1.165, 1.54) is 17.3 Å². The molecule has 0 spiro atoms. The summed E-state index contributed by atoms with van der Waals surface area (Å²) in [4.78, 5) is 12.2. The summed E-state index contributed by atoms with van der Waals surface area (Å²) in [5.41, 5.74) is 3.16. The Balaban J connectivity index is 1.44. The van der Waals surface area contributed by atoms with Crippen LogP contribution in [0.3, 0.4) is 0 Å². The van der Waals surface area contributed by atoms with Crippen molar-refractivity contribution in [2.75, 3.05) is 11.1 Å². The third-order valence-corrected chi connectivity index (χ3v) is 5.32. The van der Waals surface area contributed by atoms with E-state index >= 15 is 0 Å². The molecule has 6 nitrogen and oxygen atoms in total. The van der Waals surface area contributed by atoms with Crippen LogP contribution < -0.4 is 10.1 Å². The average Bonchev–Trinajstić information content (AvgIpc) is 3.19. The highest BCUT2D eigenvalue weighted by Gasteiger charge is 2.11. The standard InChI is InChI=1S/C22H25N3O3S/c1-4-16(3)17-8-10-18(11-9-17)23-20(26)14-29-22-25-24-21(28-22)13-27-19-7-5-6-15(2)12-19/h5-12,16H,4,13-14H2,1-3H3,(H,23,26). The Morgan fingerprint density at radius 3 is 2.72 bits per heavy atom. The molecule has 1 heterocycles. The van der Waals surface area contributed by atoms with E-state index in [-0.39, 0.29) is 18.3 Å². The van der Waals surface area contributed by atoms with Gasteiger partial charge in [0.1, 0.15) is 5.75 Å². The van der Waals surface area contributed by atoms with Crippen molar-refractivity contribution < 1.29 is 13.9 Å². The number of aromatic nitrogens is 2. The first kappa shape index (κ1) is 20.9. The molecule has 0 radical (unpaired) electrons. The molecule has 0 saturated heterocycles. The fraction of sp³-hybridized carbons (Fsp3) is 0.318. The van der Waals surface area contributed by atoms with Crippen LogP contribution in [0.25, 0.3) is 0 Å². The number of hydrogen-bond acceptors (Lipinski definition) is 6. The van der Waals surface area contributed by atoms with Crippen molar-refractivity contribution >= 4 is 23.4 Å². The van der Waals surface area contributed by atoms with Gasteiger partial charge in [0.15, 0.2) is 6.61 Å². The van der Waals surface area contributed by atoms with E-state index in [4.69, 9.17) is 9.15 Å². The molecule has 0 aliphatic heterocycles. The number of thioether (sulfide) groups is 1. The Morgan fingerprint density at radius 2 is 2.00 bits per heavy atom. The number of rotatable bonds is 9. The Bertz CT molecular complexity index is 940. The molecule has 7 heteroatoms. The van der Waals surface area contributed by atoms with E-state index in [0.717, 1.165) is 23.4 Å². The highest BCUT2D eigenvalue weighted by Crippen LogP contribution is 2.21. The summed E-state index contributed by atoms with van der Waals surface area (Å²) in [7, 11) is 0. The summed E-state index contributed by atoms with van der Waals surface area (Å²) in [5, 5.41) is 11.1. The van der Waals surface area contributed by atoms with Gasteiger partial charge in [-0.25, -0.2) is 0 Å². The van der Waals surface area contributed by atoms with Crippen LogP contribution in [0.1, 0.15) is 43.2 Å². The fourth-order valence-electron chi connectivity index (χ4n) is 2.66. The predicted octanol–water partition coefficient (Wildman–Crippen LogP) is 5.20. The van der Waals surface area contributed by atoms with Crippen LogP contribution in [0.2, 0.25) is 0 Å². The van der Waals surface area contributed by atoms with E-state index in [9.17, 15) is 4.79 Å². The van der Waals surface area contributed by atoms with Crippen molar-refractivity contribution in [3.8, 4) is 5.75 Å². The highest BCUT2D eigenvalue weighted by atomic mass is 32.2. The zero-order valence-electron chi connectivity index (χ0n) is 16.8. The van der Waals surface area contributed by atoms with Gasteiger partial charge < -0.3 is 14.5 Å². The van der Waals surface area contributed by atoms with Crippen molar-refractivity contribution in [2.24, 2.45) is 0 Å². The Kier molecular flexibility index (Phi) is 7.30. The molecule has 2 aromatic carbocycles. The third-order valence-electron chi connectivity index (χ3n) is 4.50. The number of carbonyl (C=O) groups is 1. The largest absolute Gasteiger partial charge is 0.484 e. The molecule has 1 aromatic heterocycles. The maximum Gasteiger partial charge on any atom is 0.277 e. The van der Waals surface area contributed by atoms with Gasteiger partial charge in [-0.05, 0) is 54.7 Å². The molecular weight excluding hydrogens is 386 g/mol. The van der Waals surface area contributed by atoms with E-state index < -0.39 is 0 Å². The van der Waals surface area contributed by atoms with Crippen LogP contribution in [0, 0.1) is 6.92 Å². The summed E-state index contributed by atoms with van der Waals surface area (Å²) in [6.07, 6.45) is 1.09. The van der Waals surface area contributed by atoms with Crippen molar-refractivity contribution in [3.05, 3.63) is 65.5 Å². The van der Waals surface area contributed by atoms with E-state index in [1.54, 1.807) is 0 Å². The lowest BCUT2D eigenvalue weighted by Crippen LogP contribution is -2.14. The smallest absolute Gasteiger partial charge is 0.277 e. The maximum atomic E-state index is 12.2. The van der Waals surface area contributed by atoms with Crippen LogP contribution in [0.15, 0.2) is 58.2 Å². The number of nitrogens with zero attached hydrogens (tertiary/aromatic N) is 2. The van der Waals surface area contributed by atoms with Gasteiger partial charge in [-0.1, -0.05) is 49.9 Å². The molecule has 0 aliphatic rings. The van der Waals surface area contributed by atoms with Gasteiger partial charge in [0, 0.05) is 5.69 Å². The lowest BCUT2D eigenvalue weighted by molar-refractivity contribution is -0.113. The number of ether oxygens (including phenoxy) is 1. The maximum absolute atomic E-state index is 12.2. The van der Waals surface area contributed by atoms with Gasteiger partial charge in [-0.3, -0.25) is 4.79 Å². The van der Waals surface area contributed by atoms with Crippen molar-refractivity contribution in [2.45, 2.75) is 44.9 Å². The van der Waals surface area contributed by atoms with Gasteiger partial charge >= 0.3 is 0 Å². The third kappa shape index (κ3) is 6.35. The number of aryl methyl sites for hydroxylation is 1. The molecular formula is C22H25N3O3S. The second kappa shape index (κ2) is 10.1. The molecule has 3 rings (SSSR count). The quantitative estimate of drug-likeness (QED) is 0.488. The minimum Gasteiger partial charge on any atom is -0.484 e. The molecule has 0 saturated carbocycles. The lowest BCUT2D eigenvalue weighted by Gasteiger charge is -2.10. The first-order valence-electron chi connectivity index (χ1n) is 9.58. The minimum absolute atomic E-state index is 0.123. The van der Waals surface area contributed by atoms with Crippen molar-refractivity contribution in [3.63, 3.8) is 0 Å². The number of amides is 1. The van der Waals surface area contributed by atoms with Crippen LogP contribution in [0.5, 0.6) is 5.75 Å². The first-order valence-corrected chi connectivity index (χ1v) is 10.6. The molecule has 3 aromatic rings. The summed E-state index contributed by atoms with van der Waals surface area (Å²) < 4.78 is 11.2. The SMILES string of the molecule is CCC(C)c1ccc(NC(=O)CSc2nnc(COc3cccc(C)c3)o2)cc1. The van der Waals surface area contributed by atoms with E-state index in [2.05, 4.69) is 41.5 Å². The van der Waals surface area contributed by atoms with Gasteiger partial charge in [0.2, 0.25) is 5.91 Å². The summed E-state index contributed by atoms with van der Waals surface area (Å²) >= 11 is 1.20. The average molecular weight is 412 g/mol. The minimum atomic E-state index is -0.123. The zero-order chi connectivity index (χ0) is 20.6. The number of carbonyl (C=O) groups excluding carboxylic acids is 1. The van der Waals surface area contributed by atoms with Crippen LogP contribution in [-0.4, -0.2) is 21.9 Å². The Labute approximate surface area is 175 Å². The molecule has 1 unspecified atom stereocenters. The second-order valence-corrected chi connectivity index (χ2v) is 7.76. The van der Waals surface area contributed by atoms with Crippen LogP contribution in [-0.2, 0) is 11.4 Å². The predicted molar refractivity (Wildman–Crippen MR) is 114 cm³/mol. The normalized spacial score (nSPS) is 11.8. The van der Waals surface area contributed by atoms with Gasteiger partial charge in [0.25, 0.3) is 11.1 Å². The van der Waals surface area contributed by atoms with E-state index in [0.29, 0.717) is 17.0 Å². The molecule has 152 valence electrons.